The molecule has 0 aliphatic carbocycles. The molecule has 1 N–H and O–H groups in total. The minimum absolute atomic E-state index is 0.238. The van der Waals surface area contributed by atoms with Crippen LogP contribution in [0.4, 0.5) is 5.69 Å². The first-order chi connectivity index (χ1) is 12.6. The lowest BCUT2D eigenvalue weighted by molar-refractivity contribution is -0.119. The van der Waals surface area contributed by atoms with E-state index in [4.69, 9.17) is 31.1 Å². The summed E-state index contributed by atoms with van der Waals surface area (Å²) < 4.78 is 15.8. The summed E-state index contributed by atoms with van der Waals surface area (Å²) in [5.41, 5.74) is 0.740. The Bertz CT molecular complexity index is 907. The van der Waals surface area contributed by atoms with Gasteiger partial charge in [-0.15, -0.1) is 0 Å². The third kappa shape index (κ3) is 4.05. The first-order valence-electron chi connectivity index (χ1n) is 7.63. The highest BCUT2D eigenvalue weighted by Crippen LogP contribution is 2.30. The molecular formula is C18H13ClN2O5. The highest BCUT2D eigenvalue weighted by atomic mass is 35.5. The molecule has 1 aliphatic rings. The number of carbonyl (C=O) groups excluding carboxylic acids is 2. The summed E-state index contributed by atoms with van der Waals surface area (Å²) >= 11 is 5.85. The third-order valence-electron chi connectivity index (χ3n) is 3.49. The summed E-state index contributed by atoms with van der Waals surface area (Å²) in [6.45, 7) is 0.338. The van der Waals surface area contributed by atoms with Crippen LogP contribution in [0, 0.1) is 11.3 Å². The van der Waals surface area contributed by atoms with Crippen molar-refractivity contribution < 1.29 is 23.8 Å². The maximum Gasteiger partial charge on any atom is 0.338 e. The Morgan fingerprint density at radius 3 is 2.69 bits per heavy atom. The topological polar surface area (TPSA) is 97.7 Å². The van der Waals surface area contributed by atoms with E-state index in [0.717, 1.165) is 0 Å². The van der Waals surface area contributed by atoms with Crippen LogP contribution < -0.4 is 14.8 Å². The van der Waals surface area contributed by atoms with Gasteiger partial charge in [0.2, 0.25) is 0 Å². The fourth-order valence-electron chi connectivity index (χ4n) is 2.29. The predicted octanol–water partition coefficient (Wildman–Crippen LogP) is 2.78. The minimum Gasteiger partial charge on any atom is -0.486 e. The number of nitrogens with zero attached hydrogens (tertiary/aromatic N) is 1. The third-order valence-corrected chi connectivity index (χ3v) is 3.72. The second-order valence-corrected chi connectivity index (χ2v) is 5.72. The number of hydrogen-bond donors (Lipinski definition) is 1. The highest BCUT2D eigenvalue weighted by Gasteiger charge is 2.17. The van der Waals surface area contributed by atoms with Crippen molar-refractivity contribution in [1.29, 1.82) is 5.26 Å². The number of fused-ring (bicyclic) bond motifs is 1. The zero-order valence-corrected chi connectivity index (χ0v) is 14.2. The summed E-state index contributed by atoms with van der Waals surface area (Å²) in [5, 5.41) is 11.9. The lowest BCUT2D eigenvalue weighted by Gasteiger charge is -2.18. The van der Waals surface area contributed by atoms with Gasteiger partial charge in [0.25, 0.3) is 5.91 Å². The molecule has 1 amide bonds. The molecule has 2 aromatic rings. The first-order valence-corrected chi connectivity index (χ1v) is 8.01. The molecule has 26 heavy (non-hydrogen) atoms. The van der Waals surface area contributed by atoms with Crippen LogP contribution >= 0.6 is 11.6 Å². The van der Waals surface area contributed by atoms with Crippen molar-refractivity contribution >= 4 is 29.2 Å². The number of amides is 1. The van der Waals surface area contributed by atoms with Gasteiger partial charge >= 0.3 is 5.97 Å². The summed E-state index contributed by atoms with van der Waals surface area (Å²) in [5.74, 6) is -0.262. The van der Waals surface area contributed by atoms with E-state index in [1.54, 1.807) is 6.07 Å². The average molecular weight is 373 g/mol. The van der Waals surface area contributed by atoms with Crippen LogP contribution in [0.5, 0.6) is 11.5 Å². The highest BCUT2D eigenvalue weighted by molar-refractivity contribution is 6.31. The van der Waals surface area contributed by atoms with Gasteiger partial charge in [0.05, 0.1) is 16.8 Å². The van der Waals surface area contributed by atoms with Gasteiger partial charge in [-0.3, -0.25) is 4.79 Å². The molecule has 0 saturated carbocycles. The number of ether oxygens (including phenoxy) is 3. The molecule has 7 nitrogen and oxygen atoms in total. The van der Waals surface area contributed by atoms with Crippen molar-refractivity contribution in [2.75, 3.05) is 25.1 Å². The molecule has 1 aliphatic heterocycles. The fraction of sp³-hybridized carbons (Fsp3) is 0.167. The number of rotatable bonds is 4. The standard InChI is InChI=1S/C18H13ClN2O5/c19-13-3-1-12(9-20)14(8-13)21-17(22)10-26-18(23)11-2-4-15-16(7-11)25-6-5-24-15/h1-4,7-8H,5-6,10H2,(H,21,22). The van der Waals surface area contributed by atoms with Gasteiger partial charge in [-0.2, -0.15) is 5.26 Å². The zero-order valence-electron chi connectivity index (χ0n) is 13.5. The molecular weight excluding hydrogens is 360 g/mol. The van der Waals surface area contributed by atoms with E-state index < -0.39 is 18.5 Å². The molecule has 1 heterocycles. The van der Waals surface area contributed by atoms with Crippen LogP contribution in [0.25, 0.3) is 0 Å². The zero-order chi connectivity index (χ0) is 18.5. The largest absolute Gasteiger partial charge is 0.486 e. The normalized spacial score (nSPS) is 12.0. The van der Waals surface area contributed by atoms with Crippen molar-refractivity contribution in [3.8, 4) is 17.6 Å². The summed E-state index contributed by atoms with van der Waals surface area (Å²) in [4.78, 5) is 24.1. The van der Waals surface area contributed by atoms with Crippen molar-refractivity contribution in [3.63, 3.8) is 0 Å². The monoisotopic (exact) mass is 372 g/mol. The number of nitriles is 1. The van der Waals surface area contributed by atoms with E-state index in [1.807, 2.05) is 6.07 Å². The van der Waals surface area contributed by atoms with E-state index >= 15 is 0 Å². The van der Waals surface area contributed by atoms with Crippen LogP contribution in [-0.2, 0) is 9.53 Å². The molecule has 0 radical (unpaired) electrons. The molecule has 0 atom stereocenters. The molecule has 0 saturated heterocycles. The lowest BCUT2D eigenvalue weighted by Crippen LogP contribution is -2.21. The van der Waals surface area contributed by atoms with Crippen LogP contribution in [0.3, 0.4) is 0 Å². The van der Waals surface area contributed by atoms with Crippen LogP contribution in [0.15, 0.2) is 36.4 Å². The van der Waals surface area contributed by atoms with Gasteiger partial charge in [-0.05, 0) is 36.4 Å². The van der Waals surface area contributed by atoms with Gasteiger partial charge in [-0.25, -0.2) is 4.79 Å². The molecule has 8 heteroatoms. The van der Waals surface area contributed by atoms with Crippen LogP contribution in [-0.4, -0.2) is 31.7 Å². The van der Waals surface area contributed by atoms with E-state index in [-0.39, 0.29) is 16.8 Å². The Labute approximate surface area is 154 Å². The fourth-order valence-corrected chi connectivity index (χ4v) is 2.46. The maximum absolute atomic E-state index is 12.1. The Hall–Kier alpha value is -3.24. The SMILES string of the molecule is N#Cc1ccc(Cl)cc1NC(=O)COC(=O)c1ccc2c(c1)OCCO2. The number of benzene rings is 2. The number of nitrogens with one attached hydrogen (secondary N) is 1. The Morgan fingerprint density at radius 2 is 1.92 bits per heavy atom. The number of halogens is 1. The van der Waals surface area contributed by atoms with Gasteiger partial charge in [0.15, 0.2) is 18.1 Å². The molecule has 3 rings (SSSR count). The molecule has 0 fully saturated rings. The number of anilines is 1. The average Bonchev–Trinajstić information content (AvgIpc) is 2.66. The molecule has 0 unspecified atom stereocenters. The Kier molecular flexibility index (Phi) is 5.25. The quantitative estimate of drug-likeness (QED) is 0.829. The molecule has 0 spiro atoms. The summed E-state index contributed by atoms with van der Waals surface area (Å²) in [6, 6.07) is 11.0. The Morgan fingerprint density at radius 1 is 1.15 bits per heavy atom. The predicted molar refractivity (Wildman–Crippen MR) is 92.5 cm³/mol. The maximum atomic E-state index is 12.1. The van der Waals surface area contributed by atoms with E-state index in [9.17, 15) is 9.59 Å². The second-order valence-electron chi connectivity index (χ2n) is 5.28. The smallest absolute Gasteiger partial charge is 0.338 e. The summed E-state index contributed by atoms with van der Waals surface area (Å²) in [7, 11) is 0. The second kappa shape index (κ2) is 7.76. The van der Waals surface area contributed by atoms with Gasteiger partial charge in [0, 0.05) is 5.02 Å². The van der Waals surface area contributed by atoms with Crippen molar-refractivity contribution in [2.24, 2.45) is 0 Å². The van der Waals surface area contributed by atoms with Crippen LogP contribution in [0.1, 0.15) is 15.9 Å². The van der Waals surface area contributed by atoms with Gasteiger partial charge in [-0.1, -0.05) is 11.6 Å². The van der Waals surface area contributed by atoms with Crippen molar-refractivity contribution in [3.05, 3.63) is 52.5 Å². The molecule has 132 valence electrons. The van der Waals surface area contributed by atoms with Gasteiger partial charge < -0.3 is 19.5 Å². The van der Waals surface area contributed by atoms with Crippen molar-refractivity contribution in [2.45, 2.75) is 0 Å². The molecule has 0 aromatic heterocycles. The summed E-state index contributed by atoms with van der Waals surface area (Å²) in [6.07, 6.45) is 0. The molecule has 0 bridgehead atoms. The van der Waals surface area contributed by atoms with E-state index in [0.29, 0.717) is 29.7 Å². The lowest BCUT2D eigenvalue weighted by atomic mass is 10.2. The van der Waals surface area contributed by atoms with Gasteiger partial charge in [0.1, 0.15) is 19.3 Å². The van der Waals surface area contributed by atoms with Crippen LogP contribution in [0.2, 0.25) is 5.02 Å². The van der Waals surface area contributed by atoms with E-state index in [2.05, 4.69) is 5.32 Å². The van der Waals surface area contributed by atoms with Crippen molar-refractivity contribution in [1.82, 2.24) is 0 Å². The van der Waals surface area contributed by atoms with E-state index in [1.165, 1.54) is 30.3 Å². The number of hydrogen-bond acceptors (Lipinski definition) is 6. The first kappa shape index (κ1) is 17.6. The molecule has 2 aromatic carbocycles. The minimum atomic E-state index is -0.677. The number of carbonyl (C=O) groups is 2. The Balaban J connectivity index is 1.60. The number of esters is 1.